The summed E-state index contributed by atoms with van der Waals surface area (Å²) >= 11 is 0. The quantitative estimate of drug-likeness (QED) is 0.877. The Balaban J connectivity index is 2.15. The molecule has 2 nitrogen and oxygen atoms in total. The van der Waals surface area contributed by atoms with Crippen LogP contribution in [0.5, 0.6) is 5.75 Å². The van der Waals surface area contributed by atoms with Crippen molar-refractivity contribution in [2.24, 2.45) is 5.41 Å². The lowest BCUT2D eigenvalue weighted by Gasteiger charge is -2.50. The second kappa shape index (κ2) is 4.30. The number of rotatable bonds is 3. The highest BCUT2D eigenvalue weighted by Gasteiger charge is 2.51. The van der Waals surface area contributed by atoms with Gasteiger partial charge in [-0.3, -0.25) is 0 Å². The minimum Gasteiger partial charge on any atom is -0.487 e. The van der Waals surface area contributed by atoms with Gasteiger partial charge in [0.2, 0.25) is 0 Å². The fraction of sp³-hybridized carbons (Fsp3) is 0.571. The molecule has 0 radical (unpaired) electrons. The van der Waals surface area contributed by atoms with Gasteiger partial charge in [0.1, 0.15) is 6.10 Å². The number of hydrogen-bond donors (Lipinski definition) is 1. The molecular formula is C14H19FO2. The average Bonchev–Trinajstić information content (AvgIpc) is 2.33. The maximum absolute atomic E-state index is 13.8. The van der Waals surface area contributed by atoms with E-state index in [0.29, 0.717) is 17.7 Å². The Labute approximate surface area is 101 Å². The molecule has 0 heterocycles. The lowest BCUT2D eigenvalue weighted by atomic mass is 9.63. The first-order valence-corrected chi connectivity index (χ1v) is 6.09. The van der Waals surface area contributed by atoms with Crippen LogP contribution < -0.4 is 4.74 Å². The lowest BCUT2D eigenvalue weighted by Crippen LogP contribution is -2.57. The Hall–Kier alpha value is -1.09. The van der Waals surface area contributed by atoms with Crippen molar-refractivity contribution in [1.82, 2.24) is 0 Å². The molecule has 3 heteroatoms. The van der Waals surface area contributed by atoms with Crippen LogP contribution in [0.1, 0.15) is 32.3 Å². The monoisotopic (exact) mass is 238 g/mol. The third-order valence-corrected chi connectivity index (χ3v) is 4.12. The van der Waals surface area contributed by atoms with Gasteiger partial charge in [0.05, 0.1) is 6.10 Å². The summed E-state index contributed by atoms with van der Waals surface area (Å²) in [5.74, 6) is -0.00563. The van der Waals surface area contributed by atoms with Crippen molar-refractivity contribution >= 4 is 0 Å². The van der Waals surface area contributed by atoms with Crippen LogP contribution in [0.2, 0.25) is 0 Å². The van der Waals surface area contributed by atoms with Gasteiger partial charge in [-0.2, -0.15) is 0 Å². The van der Waals surface area contributed by atoms with Crippen molar-refractivity contribution in [2.75, 3.05) is 0 Å². The maximum Gasteiger partial charge on any atom is 0.167 e. The van der Waals surface area contributed by atoms with Gasteiger partial charge in [-0.1, -0.05) is 26.0 Å². The van der Waals surface area contributed by atoms with Gasteiger partial charge in [0, 0.05) is 11.8 Å². The number of aryl methyl sites for hydroxylation is 1. The maximum atomic E-state index is 13.8. The molecule has 2 rings (SSSR count). The van der Waals surface area contributed by atoms with Crippen LogP contribution in [0, 0.1) is 18.2 Å². The van der Waals surface area contributed by atoms with E-state index in [4.69, 9.17) is 4.74 Å². The van der Waals surface area contributed by atoms with E-state index in [1.807, 2.05) is 13.8 Å². The lowest BCUT2D eigenvalue weighted by molar-refractivity contribution is -0.147. The highest BCUT2D eigenvalue weighted by molar-refractivity contribution is 5.30. The van der Waals surface area contributed by atoms with Crippen LogP contribution in [0.3, 0.4) is 0 Å². The summed E-state index contributed by atoms with van der Waals surface area (Å²) in [6.07, 6.45) is 0.966. The molecule has 3 atom stereocenters. The summed E-state index contributed by atoms with van der Waals surface area (Å²) < 4.78 is 19.5. The molecule has 0 aromatic heterocycles. The van der Waals surface area contributed by atoms with Crippen LogP contribution in [-0.2, 0) is 0 Å². The number of aliphatic hydroxyl groups excluding tert-OH is 1. The molecule has 0 aliphatic heterocycles. The zero-order valence-electron chi connectivity index (χ0n) is 10.5. The Morgan fingerprint density at radius 2 is 2.24 bits per heavy atom. The molecule has 0 saturated heterocycles. The van der Waals surface area contributed by atoms with Crippen molar-refractivity contribution in [2.45, 2.75) is 45.8 Å². The van der Waals surface area contributed by atoms with E-state index in [2.05, 4.69) is 0 Å². The summed E-state index contributed by atoms with van der Waals surface area (Å²) in [5, 5.41) is 9.77. The Kier molecular flexibility index (Phi) is 3.13. The molecule has 1 fully saturated rings. The van der Waals surface area contributed by atoms with Crippen molar-refractivity contribution in [3.8, 4) is 5.75 Å². The second-order valence-electron chi connectivity index (χ2n) is 5.10. The third-order valence-electron chi connectivity index (χ3n) is 4.12. The molecule has 3 unspecified atom stereocenters. The molecule has 0 amide bonds. The molecule has 94 valence electrons. The van der Waals surface area contributed by atoms with E-state index in [1.54, 1.807) is 25.1 Å². The van der Waals surface area contributed by atoms with E-state index in [-0.39, 0.29) is 23.4 Å². The number of ether oxygens (including phenoxy) is 1. The molecule has 1 aliphatic carbocycles. The first-order valence-electron chi connectivity index (χ1n) is 6.09. The summed E-state index contributed by atoms with van der Waals surface area (Å²) in [4.78, 5) is 0. The summed E-state index contributed by atoms with van der Waals surface area (Å²) in [7, 11) is 0. The van der Waals surface area contributed by atoms with Gasteiger partial charge in [-0.05, 0) is 25.0 Å². The van der Waals surface area contributed by atoms with Crippen LogP contribution in [0.15, 0.2) is 18.2 Å². The number of benzene rings is 1. The van der Waals surface area contributed by atoms with Gasteiger partial charge in [-0.25, -0.2) is 4.39 Å². The fourth-order valence-electron chi connectivity index (χ4n) is 2.31. The van der Waals surface area contributed by atoms with E-state index < -0.39 is 0 Å². The highest BCUT2D eigenvalue weighted by atomic mass is 19.1. The summed E-state index contributed by atoms with van der Waals surface area (Å²) in [5.41, 5.74) is 0.330. The SMILES string of the molecule is CCC1(C)C(O)CC1Oc1cccc(C)c1F. The molecule has 1 aromatic carbocycles. The van der Waals surface area contributed by atoms with Crippen LogP contribution in [0.25, 0.3) is 0 Å². The van der Waals surface area contributed by atoms with Crippen molar-refractivity contribution in [1.29, 1.82) is 0 Å². The zero-order chi connectivity index (χ0) is 12.6. The first kappa shape index (κ1) is 12.4. The molecule has 0 spiro atoms. The largest absolute Gasteiger partial charge is 0.487 e. The second-order valence-corrected chi connectivity index (χ2v) is 5.10. The normalized spacial score (nSPS) is 32.1. The van der Waals surface area contributed by atoms with Crippen molar-refractivity contribution < 1.29 is 14.2 Å². The van der Waals surface area contributed by atoms with E-state index in [9.17, 15) is 9.50 Å². The Morgan fingerprint density at radius 3 is 2.82 bits per heavy atom. The molecule has 1 aromatic rings. The topological polar surface area (TPSA) is 29.5 Å². The summed E-state index contributed by atoms with van der Waals surface area (Å²) in [6.45, 7) is 5.72. The van der Waals surface area contributed by atoms with Crippen LogP contribution in [-0.4, -0.2) is 17.3 Å². The van der Waals surface area contributed by atoms with Gasteiger partial charge >= 0.3 is 0 Å². The minimum atomic E-state index is -0.342. The smallest absolute Gasteiger partial charge is 0.167 e. The molecule has 1 N–H and O–H groups in total. The zero-order valence-corrected chi connectivity index (χ0v) is 10.5. The fourth-order valence-corrected chi connectivity index (χ4v) is 2.31. The molecule has 1 aliphatic rings. The minimum absolute atomic E-state index is 0.0983. The first-order chi connectivity index (χ1) is 7.99. The predicted octanol–water partition coefficient (Wildman–Crippen LogP) is 3.06. The average molecular weight is 238 g/mol. The Morgan fingerprint density at radius 1 is 1.53 bits per heavy atom. The number of aliphatic hydroxyl groups is 1. The van der Waals surface area contributed by atoms with Crippen LogP contribution >= 0.6 is 0 Å². The Bertz CT molecular complexity index is 419. The third kappa shape index (κ3) is 1.93. The molecule has 1 saturated carbocycles. The number of halogens is 1. The predicted molar refractivity (Wildman–Crippen MR) is 64.6 cm³/mol. The van der Waals surface area contributed by atoms with Crippen molar-refractivity contribution in [3.63, 3.8) is 0 Å². The standard InChI is InChI=1S/C14H19FO2/c1-4-14(3)11(16)8-12(14)17-10-7-5-6-9(2)13(10)15/h5-7,11-12,16H,4,8H2,1-3H3. The molecule has 0 bridgehead atoms. The molecule has 17 heavy (non-hydrogen) atoms. The van der Waals surface area contributed by atoms with E-state index in [1.165, 1.54) is 0 Å². The van der Waals surface area contributed by atoms with Gasteiger partial charge in [0.25, 0.3) is 0 Å². The summed E-state index contributed by atoms with van der Waals surface area (Å²) in [6, 6.07) is 5.14. The van der Waals surface area contributed by atoms with Crippen LogP contribution in [0.4, 0.5) is 4.39 Å². The van der Waals surface area contributed by atoms with Crippen molar-refractivity contribution in [3.05, 3.63) is 29.6 Å². The highest BCUT2D eigenvalue weighted by Crippen LogP contribution is 2.46. The number of hydrogen-bond acceptors (Lipinski definition) is 2. The van der Waals surface area contributed by atoms with Gasteiger partial charge < -0.3 is 9.84 Å². The van der Waals surface area contributed by atoms with E-state index in [0.717, 1.165) is 6.42 Å². The van der Waals surface area contributed by atoms with E-state index >= 15 is 0 Å². The molecular weight excluding hydrogens is 219 g/mol. The van der Waals surface area contributed by atoms with Gasteiger partial charge in [0.15, 0.2) is 11.6 Å². The van der Waals surface area contributed by atoms with Gasteiger partial charge in [-0.15, -0.1) is 0 Å².